The SMILES string of the molecule is N#Cc1cnc2c(ccn2SI)c1Cl. The van der Waals surface area contributed by atoms with E-state index in [9.17, 15) is 0 Å². The molecule has 2 heterocycles. The van der Waals surface area contributed by atoms with Crippen LogP contribution in [0.5, 0.6) is 0 Å². The molecule has 2 aromatic heterocycles. The van der Waals surface area contributed by atoms with E-state index in [1.54, 1.807) is 0 Å². The molecule has 2 aromatic rings. The van der Waals surface area contributed by atoms with Gasteiger partial charge in [-0.15, -0.1) is 0 Å². The van der Waals surface area contributed by atoms with Crippen molar-refractivity contribution in [3.05, 3.63) is 29.0 Å². The van der Waals surface area contributed by atoms with Gasteiger partial charge in [0.25, 0.3) is 0 Å². The van der Waals surface area contributed by atoms with Crippen LogP contribution in [0.2, 0.25) is 5.02 Å². The lowest BCUT2D eigenvalue weighted by atomic mass is 10.2. The largest absolute Gasteiger partial charge is 0.266 e. The Bertz CT molecular complexity index is 531. The summed E-state index contributed by atoms with van der Waals surface area (Å²) in [7, 11) is 1.51. The summed E-state index contributed by atoms with van der Waals surface area (Å²) >= 11 is 8.18. The first-order chi connectivity index (χ1) is 6.77. The summed E-state index contributed by atoms with van der Waals surface area (Å²) in [6.45, 7) is 0. The van der Waals surface area contributed by atoms with Crippen LogP contribution < -0.4 is 0 Å². The van der Waals surface area contributed by atoms with Crippen LogP contribution in [0.25, 0.3) is 11.0 Å². The van der Waals surface area contributed by atoms with Crippen LogP contribution in [-0.2, 0) is 0 Å². The van der Waals surface area contributed by atoms with Gasteiger partial charge in [-0.05, 0) is 6.07 Å². The molecule has 0 aliphatic rings. The van der Waals surface area contributed by atoms with E-state index in [-0.39, 0.29) is 0 Å². The molecule has 0 saturated heterocycles. The Balaban J connectivity index is 2.80. The first-order valence-corrected chi connectivity index (χ1v) is 7.32. The van der Waals surface area contributed by atoms with Crippen molar-refractivity contribution in [2.24, 2.45) is 0 Å². The van der Waals surface area contributed by atoms with E-state index in [1.165, 1.54) is 15.3 Å². The van der Waals surface area contributed by atoms with Gasteiger partial charge >= 0.3 is 0 Å². The number of aromatic nitrogens is 2. The number of halogens is 2. The summed E-state index contributed by atoms with van der Waals surface area (Å²) in [6, 6.07) is 3.86. The van der Waals surface area contributed by atoms with Crippen molar-refractivity contribution < 1.29 is 0 Å². The number of fused-ring (bicyclic) bond motifs is 1. The van der Waals surface area contributed by atoms with Gasteiger partial charge < -0.3 is 0 Å². The molecule has 0 radical (unpaired) electrons. The van der Waals surface area contributed by atoms with E-state index >= 15 is 0 Å². The van der Waals surface area contributed by atoms with E-state index < -0.39 is 0 Å². The lowest BCUT2D eigenvalue weighted by Crippen LogP contribution is -1.86. The van der Waals surface area contributed by atoms with E-state index in [1.807, 2.05) is 22.3 Å². The number of nitrogens with zero attached hydrogens (tertiary/aromatic N) is 3. The first kappa shape index (κ1) is 10.1. The molecule has 0 unspecified atom stereocenters. The molecule has 0 N–H and O–H groups in total. The molecular formula is C8H3ClIN3S. The predicted molar refractivity (Wildman–Crippen MR) is 66.5 cm³/mol. The van der Waals surface area contributed by atoms with Crippen LogP contribution in [0.3, 0.4) is 0 Å². The predicted octanol–water partition coefficient (Wildman–Crippen LogP) is 3.41. The van der Waals surface area contributed by atoms with Crippen molar-refractivity contribution >= 4 is 53.0 Å². The highest BCUT2D eigenvalue weighted by Crippen LogP contribution is 2.29. The van der Waals surface area contributed by atoms with Crippen molar-refractivity contribution in [2.75, 3.05) is 0 Å². The fourth-order valence-electron chi connectivity index (χ4n) is 1.16. The van der Waals surface area contributed by atoms with Gasteiger partial charge in [0.2, 0.25) is 0 Å². The molecule has 0 fully saturated rings. The Morgan fingerprint density at radius 2 is 2.43 bits per heavy atom. The molecule has 0 aromatic carbocycles. The topological polar surface area (TPSA) is 41.6 Å². The lowest BCUT2D eigenvalue weighted by Gasteiger charge is -1.98. The average Bonchev–Trinajstić information content (AvgIpc) is 2.62. The Hall–Kier alpha value is -0.450. The standard InChI is InChI=1S/C8H3ClIN3S/c9-7-5(3-11)4-12-8-6(7)1-2-13(8)14-10/h1-2,4H. The summed E-state index contributed by atoms with van der Waals surface area (Å²) in [5.74, 6) is 0. The molecule has 0 amide bonds. The van der Waals surface area contributed by atoms with Gasteiger partial charge in [-0.1, -0.05) is 11.6 Å². The Labute approximate surface area is 102 Å². The van der Waals surface area contributed by atoms with Crippen LogP contribution in [0, 0.1) is 11.3 Å². The zero-order valence-corrected chi connectivity index (χ0v) is 10.5. The molecule has 14 heavy (non-hydrogen) atoms. The minimum absolute atomic E-state index is 0.412. The maximum atomic E-state index is 8.75. The van der Waals surface area contributed by atoms with Gasteiger partial charge in [0.15, 0.2) is 5.65 Å². The maximum absolute atomic E-state index is 8.75. The Morgan fingerprint density at radius 3 is 3.07 bits per heavy atom. The third-order valence-electron chi connectivity index (χ3n) is 1.81. The average molecular weight is 336 g/mol. The molecule has 6 heteroatoms. The van der Waals surface area contributed by atoms with Gasteiger partial charge in [0.1, 0.15) is 6.07 Å². The molecule has 3 nitrogen and oxygen atoms in total. The Kier molecular flexibility index (Phi) is 2.85. The molecule has 0 aliphatic heterocycles. The van der Waals surface area contributed by atoms with Crippen LogP contribution in [0.4, 0.5) is 0 Å². The van der Waals surface area contributed by atoms with Crippen molar-refractivity contribution in [3.63, 3.8) is 0 Å². The highest BCUT2D eigenvalue weighted by molar-refractivity contribution is 14.2. The van der Waals surface area contributed by atoms with Crippen LogP contribution >= 0.6 is 41.9 Å². The first-order valence-electron chi connectivity index (χ1n) is 3.62. The summed E-state index contributed by atoms with van der Waals surface area (Å²) in [4.78, 5) is 4.17. The van der Waals surface area contributed by atoms with Gasteiger partial charge in [-0.25, -0.2) is 4.98 Å². The number of rotatable bonds is 1. The van der Waals surface area contributed by atoms with Crippen LogP contribution in [-0.4, -0.2) is 8.96 Å². The quantitative estimate of drug-likeness (QED) is 0.750. The summed E-state index contributed by atoms with van der Waals surface area (Å²) in [5.41, 5.74) is 1.20. The summed E-state index contributed by atoms with van der Waals surface area (Å²) in [6.07, 6.45) is 3.37. The van der Waals surface area contributed by atoms with Crippen molar-refractivity contribution in [3.8, 4) is 6.07 Å². The number of hydrogen-bond donors (Lipinski definition) is 0. The zero-order chi connectivity index (χ0) is 10.1. The molecule has 0 spiro atoms. The zero-order valence-electron chi connectivity index (χ0n) is 6.74. The molecule has 0 bridgehead atoms. The maximum Gasteiger partial charge on any atom is 0.152 e. The molecule has 0 saturated carbocycles. The van der Waals surface area contributed by atoms with E-state index in [4.69, 9.17) is 16.9 Å². The van der Waals surface area contributed by atoms with Crippen LogP contribution in [0.1, 0.15) is 5.56 Å². The van der Waals surface area contributed by atoms with Gasteiger partial charge in [-0.2, -0.15) is 5.26 Å². The van der Waals surface area contributed by atoms with E-state index in [2.05, 4.69) is 26.2 Å². The normalized spacial score (nSPS) is 10.4. The molecule has 0 atom stereocenters. The fourth-order valence-corrected chi connectivity index (χ4v) is 2.67. The second kappa shape index (κ2) is 3.96. The van der Waals surface area contributed by atoms with Gasteiger partial charge in [-0.3, -0.25) is 3.97 Å². The van der Waals surface area contributed by atoms with Gasteiger partial charge in [0.05, 0.1) is 10.6 Å². The molecule has 2 rings (SSSR count). The van der Waals surface area contributed by atoms with Crippen LogP contribution in [0.15, 0.2) is 18.5 Å². The number of hydrogen-bond acceptors (Lipinski definition) is 3. The molecular weight excluding hydrogens is 333 g/mol. The highest BCUT2D eigenvalue weighted by atomic mass is 127. The smallest absolute Gasteiger partial charge is 0.152 e. The number of pyridine rings is 1. The monoisotopic (exact) mass is 335 g/mol. The summed E-state index contributed by atoms with van der Waals surface area (Å²) < 4.78 is 1.89. The second-order valence-electron chi connectivity index (χ2n) is 2.55. The molecule has 70 valence electrons. The van der Waals surface area contributed by atoms with E-state index in [0.717, 1.165) is 11.0 Å². The Morgan fingerprint density at radius 1 is 1.64 bits per heavy atom. The van der Waals surface area contributed by atoms with Crippen molar-refractivity contribution in [1.29, 1.82) is 5.26 Å². The van der Waals surface area contributed by atoms with Crippen molar-refractivity contribution in [2.45, 2.75) is 0 Å². The fraction of sp³-hybridized carbons (Fsp3) is 0. The lowest BCUT2D eigenvalue weighted by molar-refractivity contribution is 1.26. The van der Waals surface area contributed by atoms with Gasteiger partial charge in [0, 0.05) is 48.1 Å². The summed E-state index contributed by atoms with van der Waals surface area (Å²) in [5, 5.41) is 10.0. The van der Waals surface area contributed by atoms with E-state index in [0.29, 0.717) is 10.6 Å². The molecule has 0 aliphatic carbocycles. The number of nitriles is 1. The third kappa shape index (κ3) is 1.47. The minimum Gasteiger partial charge on any atom is -0.266 e. The highest BCUT2D eigenvalue weighted by Gasteiger charge is 2.09. The van der Waals surface area contributed by atoms with Crippen molar-refractivity contribution in [1.82, 2.24) is 8.96 Å². The minimum atomic E-state index is 0.412. The second-order valence-corrected chi connectivity index (χ2v) is 4.64. The third-order valence-corrected chi connectivity index (χ3v) is 3.93.